The largest absolute Gasteiger partial charge is 0.478 e. The lowest BCUT2D eigenvalue weighted by Crippen LogP contribution is -2.48. The Morgan fingerprint density at radius 2 is 2.04 bits per heavy atom. The third kappa shape index (κ3) is 3.25. The zero-order chi connectivity index (χ0) is 17.3. The smallest absolute Gasteiger partial charge is 0.268 e. The van der Waals surface area contributed by atoms with E-state index < -0.39 is 6.10 Å². The van der Waals surface area contributed by atoms with Gasteiger partial charge in [-0.3, -0.25) is 14.5 Å². The lowest BCUT2D eigenvalue weighted by Gasteiger charge is -2.34. The molecule has 1 atom stereocenters. The summed E-state index contributed by atoms with van der Waals surface area (Å²) in [6, 6.07) is 13.1. The average Bonchev–Trinajstić information content (AvgIpc) is 2.51. The van der Waals surface area contributed by atoms with Crippen molar-refractivity contribution in [3.63, 3.8) is 0 Å². The van der Waals surface area contributed by atoms with Crippen LogP contribution in [0.15, 0.2) is 42.5 Å². The number of aryl methyl sites for hydroxylation is 1. The first-order chi connectivity index (χ1) is 11.4. The summed E-state index contributed by atoms with van der Waals surface area (Å²) >= 11 is 0. The molecule has 0 spiro atoms. The number of fused-ring (bicyclic) bond motifs is 1. The number of nitrogen functional groups attached to an aromatic ring is 1. The maximum absolute atomic E-state index is 12.8. The minimum atomic E-state index is -0.666. The molecule has 24 heavy (non-hydrogen) atoms. The predicted octanol–water partition coefficient (Wildman–Crippen LogP) is 2.50. The van der Waals surface area contributed by atoms with E-state index in [1.54, 1.807) is 18.2 Å². The van der Waals surface area contributed by atoms with Crippen LogP contribution < -0.4 is 15.4 Å². The van der Waals surface area contributed by atoms with Crippen molar-refractivity contribution in [3.05, 3.63) is 53.6 Å². The van der Waals surface area contributed by atoms with E-state index in [1.165, 1.54) is 11.8 Å². The summed E-state index contributed by atoms with van der Waals surface area (Å²) in [6.07, 6.45) is -0.219. The lowest BCUT2D eigenvalue weighted by molar-refractivity contribution is -0.128. The van der Waals surface area contributed by atoms with Crippen molar-refractivity contribution in [3.8, 4) is 5.75 Å². The molecular weight excluding hydrogens is 304 g/mol. The quantitative estimate of drug-likeness (QED) is 0.877. The van der Waals surface area contributed by atoms with Gasteiger partial charge in [-0.1, -0.05) is 29.8 Å². The number of benzene rings is 2. The second-order valence-electron chi connectivity index (χ2n) is 6.15. The second-order valence-corrected chi connectivity index (χ2v) is 6.15. The van der Waals surface area contributed by atoms with E-state index in [0.29, 0.717) is 23.5 Å². The first-order valence-corrected chi connectivity index (χ1v) is 7.86. The van der Waals surface area contributed by atoms with Crippen molar-refractivity contribution in [1.29, 1.82) is 0 Å². The van der Waals surface area contributed by atoms with Gasteiger partial charge >= 0.3 is 0 Å². The molecule has 5 nitrogen and oxygen atoms in total. The Morgan fingerprint density at radius 1 is 1.25 bits per heavy atom. The number of carbonyl (C=O) groups is 2. The van der Waals surface area contributed by atoms with Gasteiger partial charge in [0.1, 0.15) is 11.5 Å². The zero-order valence-electron chi connectivity index (χ0n) is 13.8. The molecule has 2 aromatic rings. The number of ether oxygens (including phenoxy) is 1. The third-order valence-corrected chi connectivity index (χ3v) is 3.97. The summed E-state index contributed by atoms with van der Waals surface area (Å²) in [5.41, 5.74) is 9.12. The number of hydrogen-bond donors (Lipinski definition) is 1. The van der Waals surface area contributed by atoms with Crippen LogP contribution in [0.1, 0.15) is 18.1 Å². The topological polar surface area (TPSA) is 72.6 Å². The van der Waals surface area contributed by atoms with E-state index >= 15 is 0 Å². The van der Waals surface area contributed by atoms with Crippen LogP contribution in [0.4, 0.5) is 11.4 Å². The van der Waals surface area contributed by atoms with Crippen molar-refractivity contribution in [2.24, 2.45) is 0 Å². The summed E-state index contributed by atoms with van der Waals surface area (Å²) in [5.74, 6) is 0.250. The Bertz CT molecular complexity index is 801. The number of nitrogens with zero attached hydrogens (tertiary/aromatic N) is 1. The molecule has 0 aliphatic carbocycles. The van der Waals surface area contributed by atoms with Gasteiger partial charge in [0.25, 0.3) is 5.91 Å². The lowest BCUT2D eigenvalue weighted by atomic mass is 10.0. The number of Topliss-reactive ketones (excluding diaryl/α,β-unsaturated/α-hetero) is 1. The molecule has 5 heteroatoms. The van der Waals surface area contributed by atoms with Crippen LogP contribution in [0.3, 0.4) is 0 Å². The van der Waals surface area contributed by atoms with Crippen LogP contribution in [0.25, 0.3) is 0 Å². The van der Waals surface area contributed by atoms with Gasteiger partial charge in [0, 0.05) is 18.2 Å². The monoisotopic (exact) mass is 324 g/mol. The van der Waals surface area contributed by atoms with E-state index in [0.717, 1.165) is 11.1 Å². The number of amides is 1. The molecule has 0 radical (unpaired) electrons. The van der Waals surface area contributed by atoms with Gasteiger partial charge in [0.2, 0.25) is 0 Å². The third-order valence-electron chi connectivity index (χ3n) is 3.97. The summed E-state index contributed by atoms with van der Waals surface area (Å²) in [4.78, 5) is 25.9. The van der Waals surface area contributed by atoms with Crippen LogP contribution in [0.2, 0.25) is 0 Å². The van der Waals surface area contributed by atoms with Crippen LogP contribution in [0.5, 0.6) is 5.75 Å². The summed E-state index contributed by atoms with van der Waals surface area (Å²) in [6.45, 7) is 3.50. The van der Waals surface area contributed by atoms with Crippen molar-refractivity contribution < 1.29 is 14.3 Å². The number of nitrogens with two attached hydrogens (primary N) is 1. The molecule has 2 N–H and O–H groups in total. The van der Waals surface area contributed by atoms with Gasteiger partial charge in [0.15, 0.2) is 6.10 Å². The molecular formula is C19H20N2O3. The Morgan fingerprint density at radius 3 is 2.75 bits per heavy atom. The number of ketones is 1. The Kier molecular flexibility index (Phi) is 4.25. The SMILES string of the molecule is CC(=O)CN1C(=O)C(Cc2cccc(C)c2)Oc2cc(N)ccc21. The number of hydrogen-bond acceptors (Lipinski definition) is 4. The van der Waals surface area contributed by atoms with Crippen molar-refractivity contribution in [1.82, 2.24) is 0 Å². The minimum Gasteiger partial charge on any atom is -0.478 e. The van der Waals surface area contributed by atoms with E-state index in [2.05, 4.69) is 0 Å². The van der Waals surface area contributed by atoms with Crippen LogP contribution in [-0.4, -0.2) is 24.3 Å². The zero-order valence-corrected chi connectivity index (χ0v) is 13.8. The first kappa shape index (κ1) is 16.1. The van der Waals surface area contributed by atoms with Gasteiger partial charge in [-0.2, -0.15) is 0 Å². The van der Waals surface area contributed by atoms with Crippen molar-refractivity contribution in [2.45, 2.75) is 26.4 Å². The van der Waals surface area contributed by atoms with Gasteiger partial charge in [0.05, 0.1) is 12.2 Å². The second kappa shape index (κ2) is 6.35. The molecule has 1 aliphatic heterocycles. The molecule has 0 aromatic heterocycles. The molecule has 0 fully saturated rings. The van der Waals surface area contributed by atoms with Gasteiger partial charge in [-0.15, -0.1) is 0 Å². The molecule has 1 amide bonds. The molecule has 1 heterocycles. The Hall–Kier alpha value is -2.82. The van der Waals surface area contributed by atoms with Crippen molar-refractivity contribution in [2.75, 3.05) is 17.2 Å². The number of carbonyl (C=O) groups excluding carboxylic acids is 2. The fourth-order valence-electron chi connectivity index (χ4n) is 2.91. The van der Waals surface area contributed by atoms with Gasteiger partial charge in [-0.05, 0) is 31.5 Å². The highest BCUT2D eigenvalue weighted by Gasteiger charge is 2.35. The standard InChI is InChI=1S/C19H20N2O3/c1-12-4-3-5-14(8-12)9-18-19(23)21(11-13(2)22)16-7-6-15(20)10-17(16)24-18/h3-8,10,18H,9,11,20H2,1-2H3. The molecule has 1 unspecified atom stereocenters. The van der Waals surface area contributed by atoms with E-state index in [9.17, 15) is 9.59 Å². The van der Waals surface area contributed by atoms with Crippen LogP contribution in [0, 0.1) is 6.92 Å². The molecule has 0 bridgehead atoms. The highest BCUT2D eigenvalue weighted by Crippen LogP contribution is 2.36. The maximum atomic E-state index is 12.8. The summed E-state index contributed by atoms with van der Waals surface area (Å²) in [7, 11) is 0. The molecule has 1 aliphatic rings. The number of rotatable bonds is 4. The maximum Gasteiger partial charge on any atom is 0.268 e. The molecule has 3 rings (SSSR count). The minimum absolute atomic E-state index is 0.0312. The van der Waals surface area contributed by atoms with E-state index in [1.807, 2.05) is 31.2 Å². The molecule has 0 saturated heterocycles. The highest BCUT2D eigenvalue weighted by atomic mass is 16.5. The van der Waals surface area contributed by atoms with Gasteiger partial charge < -0.3 is 10.5 Å². The normalized spacial score (nSPS) is 16.5. The summed E-state index contributed by atoms with van der Waals surface area (Å²) in [5, 5.41) is 0. The predicted molar refractivity (Wildman–Crippen MR) is 93.2 cm³/mol. The average molecular weight is 324 g/mol. The molecule has 2 aromatic carbocycles. The highest BCUT2D eigenvalue weighted by molar-refractivity contribution is 6.04. The Balaban J connectivity index is 1.94. The van der Waals surface area contributed by atoms with Crippen molar-refractivity contribution >= 4 is 23.1 Å². The fourth-order valence-corrected chi connectivity index (χ4v) is 2.91. The van der Waals surface area contributed by atoms with E-state index in [4.69, 9.17) is 10.5 Å². The van der Waals surface area contributed by atoms with Crippen LogP contribution >= 0.6 is 0 Å². The Labute approximate surface area is 141 Å². The fraction of sp³-hybridized carbons (Fsp3) is 0.263. The van der Waals surface area contributed by atoms with Gasteiger partial charge in [-0.25, -0.2) is 0 Å². The first-order valence-electron chi connectivity index (χ1n) is 7.86. The number of anilines is 2. The summed E-state index contributed by atoms with van der Waals surface area (Å²) < 4.78 is 5.90. The van der Waals surface area contributed by atoms with Crippen LogP contribution in [-0.2, 0) is 16.0 Å². The molecule has 124 valence electrons. The van der Waals surface area contributed by atoms with E-state index in [-0.39, 0.29) is 18.2 Å². The molecule has 0 saturated carbocycles.